The lowest BCUT2D eigenvalue weighted by molar-refractivity contribution is -0.117. The smallest absolute Gasteiger partial charge is 0.163 e. The van der Waals surface area contributed by atoms with E-state index in [2.05, 4.69) is 6.58 Å². The molecule has 0 heterocycles. The Kier molecular flexibility index (Phi) is 1.08. The zero-order valence-electron chi connectivity index (χ0n) is 4.59. The SMILES string of the molecule is C=COC1(C=O)CC1. The molecular weight excluding hydrogens is 104 g/mol. The van der Waals surface area contributed by atoms with Gasteiger partial charge in [-0.05, 0) is 12.8 Å². The summed E-state index contributed by atoms with van der Waals surface area (Å²) in [5.74, 6) is 0. The topological polar surface area (TPSA) is 26.3 Å². The number of hydrogen-bond acceptors (Lipinski definition) is 2. The van der Waals surface area contributed by atoms with Crippen LogP contribution in [0, 0.1) is 0 Å². The maximum Gasteiger partial charge on any atom is 0.163 e. The van der Waals surface area contributed by atoms with Crippen molar-refractivity contribution in [3.63, 3.8) is 0 Å². The van der Waals surface area contributed by atoms with Crippen molar-refractivity contribution < 1.29 is 9.53 Å². The van der Waals surface area contributed by atoms with E-state index in [9.17, 15) is 4.79 Å². The van der Waals surface area contributed by atoms with E-state index >= 15 is 0 Å². The molecular formula is C6H8O2. The quantitative estimate of drug-likeness (QED) is 0.400. The van der Waals surface area contributed by atoms with Crippen LogP contribution in [-0.4, -0.2) is 11.9 Å². The summed E-state index contributed by atoms with van der Waals surface area (Å²) in [5.41, 5.74) is -0.457. The normalized spacial score (nSPS) is 21.5. The van der Waals surface area contributed by atoms with Crippen LogP contribution in [-0.2, 0) is 9.53 Å². The van der Waals surface area contributed by atoms with Crippen molar-refractivity contribution in [3.05, 3.63) is 12.8 Å². The molecule has 1 aliphatic carbocycles. The first-order chi connectivity index (χ1) is 3.83. The van der Waals surface area contributed by atoms with Crippen molar-refractivity contribution >= 4 is 6.29 Å². The molecule has 0 aromatic heterocycles. The van der Waals surface area contributed by atoms with Gasteiger partial charge in [-0.3, -0.25) is 4.79 Å². The lowest BCUT2D eigenvalue weighted by atomic mass is 10.4. The van der Waals surface area contributed by atoms with Gasteiger partial charge in [0.25, 0.3) is 0 Å². The number of rotatable bonds is 3. The molecule has 0 atom stereocenters. The molecule has 8 heavy (non-hydrogen) atoms. The van der Waals surface area contributed by atoms with Crippen molar-refractivity contribution in [2.45, 2.75) is 18.4 Å². The number of carbonyl (C=O) groups excluding carboxylic acids is 1. The summed E-state index contributed by atoms with van der Waals surface area (Å²) in [6.07, 6.45) is 3.86. The second-order valence-electron chi connectivity index (χ2n) is 1.97. The summed E-state index contributed by atoms with van der Waals surface area (Å²) in [7, 11) is 0. The van der Waals surface area contributed by atoms with Crippen LogP contribution >= 0.6 is 0 Å². The predicted molar refractivity (Wildman–Crippen MR) is 29.3 cm³/mol. The molecule has 0 aromatic rings. The molecule has 0 aliphatic heterocycles. The summed E-state index contributed by atoms with van der Waals surface area (Å²) >= 11 is 0. The summed E-state index contributed by atoms with van der Waals surface area (Å²) in [4.78, 5) is 10.1. The number of aldehydes is 1. The minimum absolute atomic E-state index is 0.457. The molecule has 44 valence electrons. The molecule has 0 radical (unpaired) electrons. The first kappa shape index (κ1) is 5.35. The molecule has 0 saturated heterocycles. The number of ether oxygens (including phenoxy) is 1. The molecule has 2 heteroatoms. The molecule has 0 unspecified atom stereocenters. The standard InChI is InChI=1S/C6H8O2/c1-2-8-6(5-7)3-4-6/h2,5H,1,3-4H2. The lowest BCUT2D eigenvalue weighted by Crippen LogP contribution is -2.10. The van der Waals surface area contributed by atoms with Gasteiger partial charge in [-0.1, -0.05) is 6.58 Å². The van der Waals surface area contributed by atoms with Gasteiger partial charge in [0.05, 0.1) is 6.26 Å². The summed E-state index contributed by atoms with van der Waals surface area (Å²) in [6, 6.07) is 0. The molecule has 0 bridgehead atoms. The molecule has 1 aliphatic rings. The molecule has 1 saturated carbocycles. The second-order valence-corrected chi connectivity index (χ2v) is 1.97. The van der Waals surface area contributed by atoms with E-state index in [1.807, 2.05) is 0 Å². The fourth-order valence-electron chi connectivity index (χ4n) is 0.553. The van der Waals surface area contributed by atoms with Gasteiger partial charge in [0.15, 0.2) is 11.9 Å². The average Bonchev–Trinajstić information content (AvgIpc) is 2.50. The minimum Gasteiger partial charge on any atom is -0.488 e. The Morgan fingerprint density at radius 2 is 2.25 bits per heavy atom. The minimum atomic E-state index is -0.457. The molecule has 0 aromatic carbocycles. The fourth-order valence-corrected chi connectivity index (χ4v) is 0.553. The van der Waals surface area contributed by atoms with Crippen molar-refractivity contribution in [1.29, 1.82) is 0 Å². The second kappa shape index (κ2) is 1.62. The van der Waals surface area contributed by atoms with E-state index in [0.717, 1.165) is 19.1 Å². The third-order valence-corrected chi connectivity index (χ3v) is 1.28. The molecule has 0 spiro atoms. The van der Waals surface area contributed by atoms with Gasteiger partial charge in [0.1, 0.15) is 0 Å². The van der Waals surface area contributed by atoms with Gasteiger partial charge in [-0.2, -0.15) is 0 Å². The Morgan fingerprint density at radius 3 is 2.38 bits per heavy atom. The predicted octanol–water partition coefficient (Wildman–Crippen LogP) is 0.878. The first-order valence-electron chi connectivity index (χ1n) is 2.58. The van der Waals surface area contributed by atoms with E-state index in [0.29, 0.717) is 0 Å². The summed E-state index contributed by atoms with van der Waals surface area (Å²) in [6.45, 7) is 3.35. The van der Waals surface area contributed by atoms with E-state index in [1.165, 1.54) is 6.26 Å². The van der Waals surface area contributed by atoms with E-state index in [-0.39, 0.29) is 0 Å². The first-order valence-corrected chi connectivity index (χ1v) is 2.58. The highest BCUT2D eigenvalue weighted by molar-refractivity contribution is 5.66. The van der Waals surface area contributed by atoms with E-state index in [4.69, 9.17) is 4.74 Å². The van der Waals surface area contributed by atoms with Crippen LogP contribution in [0.2, 0.25) is 0 Å². The van der Waals surface area contributed by atoms with Gasteiger partial charge in [-0.15, -0.1) is 0 Å². The highest BCUT2D eigenvalue weighted by Gasteiger charge is 2.44. The highest BCUT2D eigenvalue weighted by atomic mass is 16.5. The van der Waals surface area contributed by atoms with Gasteiger partial charge >= 0.3 is 0 Å². The Labute approximate surface area is 48.1 Å². The molecule has 0 amide bonds. The maximum atomic E-state index is 10.1. The Morgan fingerprint density at radius 1 is 1.62 bits per heavy atom. The average molecular weight is 112 g/mol. The Bertz CT molecular complexity index is 114. The van der Waals surface area contributed by atoms with Gasteiger partial charge in [0.2, 0.25) is 0 Å². The van der Waals surface area contributed by atoms with Crippen LogP contribution in [0.1, 0.15) is 12.8 Å². The molecule has 0 N–H and O–H groups in total. The van der Waals surface area contributed by atoms with Gasteiger partial charge in [-0.25, -0.2) is 0 Å². The van der Waals surface area contributed by atoms with Gasteiger partial charge in [0, 0.05) is 0 Å². The van der Waals surface area contributed by atoms with Crippen molar-refractivity contribution in [2.24, 2.45) is 0 Å². The van der Waals surface area contributed by atoms with Crippen LogP contribution in [0.15, 0.2) is 12.8 Å². The van der Waals surface area contributed by atoms with Crippen LogP contribution < -0.4 is 0 Å². The monoisotopic (exact) mass is 112 g/mol. The summed E-state index contributed by atoms with van der Waals surface area (Å²) in [5, 5.41) is 0. The molecule has 1 rings (SSSR count). The van der Waals surface area contributed by atoms with E-state index < -0.39 is 5.60 Å². The van der Waals surface area contributed by atoms with Crippen LogP contribution in [0.5, 0.6) is 0 Å². The number of carbonyl (C=O) groups is 1. The highest BCUT2D eigenvalue weighted by Crippen LogP contribution is 2.37. The largest absolute Gasteiger partial charge is 0.488 e. The van der Waals surface area contributed by atoms with Crippen LogP contribution in [0.25, 0.3) is 0 Å². The van der Waals surface area contributed by atoms with E-state index in [1.54, 1.807) is 0 Å². The van der Waals surface area contributed by atoms with Crippen LogP contribution in [0.4, 0.5) is 0 Å². The summed E-state index contributed by atoms with van der Waals surface area (Å²) < 4.78 is 4.89. The molecule has 2 nitrogen and oxygen atoms in total. The molecule has 1 fully saturated rings. The fraction of sp³-hybridized carbons (Fsp3) is 0.500. The maximum absolute atomic E-state index is 10.1. The van der Waals surface area contributed by atoms with Crippen LogP contribution in [0.3, 0.4) is 0 Å². The lowest BCUT2D eigenvalue weighted by Gasteiger charge is -2.03. The third kappa shape index (κ3) is 0.735. The van der Waals surface area contributed by atoms with Crippen molar-refractivity contribution in [3.8, 4) is 0 Å². The number of hydrogen-bond donors (Lipinski definition) is 0. The van der Waals surface area contributed by atoms with Crippen molar-refractivity contribution in [1.82, 2.24) is 0 Å². The Balaban J connectivity index is 2.40. The third-order valence-electron chi connectivity index (χ3n) is 1.28. The zero-order valence-corrected chi connectivity index (χ0v) is 4.59. The van der Waals surface area contributed by atoms with Crippen molar-refractivity contribution in [2.75, 3.05) is 0 Å². The van der Waals surface area contributed by atoms with Gasteiger partial charge < -0.3 is 4.74 Å². The Hall–Kier alpha value is -0.790. The zero-order chi connectivity index (χ0) is 6.04.